The summed E-state index contributed by atoms with van der Waals surface area (Å²) in [4.78, 5) is 12.4. The number of benzene rings is 3. The zero-order chi connectivity index (χ0) is 16.9. The SMILES string of the molecule is CCC(NC(=O)Cc1ccc2ccccc2c1)c1ccccc1O. The number of amides is 1. The normalized spacial score (nSPS) is 12.0. The molecule has 0 saturated heterocycles. The van der Waals surface area contributed by atoms with E-state index in [-0.39, 0.29) is 17.7 Å². The summed E-state index contributed by atoms with van der Waals surface area (Å²) in [6.45, 7) is 1.99. The van der Waals surface area contributed by atoms with Crippen molar-refractivity contribution < 1.29 is 9.90 Å². The second-order valence-corrected chi connectivity index (χ2v) is 5.95. The molecule has 3 heteroatoms. The molecule has 0 saturated carbocycles. The molecule has 3 aromatic carbocycles. The van der Waals surface area contributed by atoms with E-state index in [0.717, 1.165) is 22.9 Å². The van der Waals surface area contributed by atoms with Gasteiger partial charge in [0.15, 0.2) is 0 Å². The van der Waals surface area contributed by atoms with Gasteiger partial charge in [-0.05, 0) is 28.8 Å². The van der Waals surface area contributed by atoms with E-state index in [2.05, 4.69) is 17.4 Å². The van der Waals surface area contributed by atoms with Crippen LogP contribution in [-0.2, 0) is 11.2 Å². The van der Waals surface area contributed by atoms with E-state index in [1.807, 2.05) is 49.4 Å². The van der Waals surface area contributed by atoms with Crippen LogP contribution in [0, 0.1) is 0 Å². The molecule has 0 heterocycles. The molecule has 0 aliphatic heterocycles. The van der Waals surface area contributed by atoms with Crippen LogP contribution in [0.4, 0.5) is 0 Å². The Bertz CT molecular complexity index is 857. The average molecular weight is 319 g/mol. The van der Waals surface area contributed by atoms with Gasteiger partial charge in [0.05, 0.1) is 12.5 Å². The number of phenols is 1. The quantitative estimate of drug-likeness (QED) is 0.734. The van der Waals surface area contributed by atoms with Gasteiger partial charge in [-0.25, -0.2) is 0 Å². The first-order chi connectivity index (χ1) is 11.7. The number of para-hydroxylation sites is 1. The van der Waals surface area contributed by atoms with Crippen LogP contribution in [0.2, 0.25) is 0 Å². The standard InChI is InChI=1S/C21H21NO2/c1-2-19(18-9-5-6-10-20(18)23)22-21(24)14-15-11-12-16-7-3-4-8-17(16)13-15/h3-13,19,23H,2,14H2,1H3,(H,22,24). The maximum absolute atomic E-state index is 12.4. The summed E-state index contributed by atoms with van der Waals surface area (Å²) < 4.78 is 0. The van der Waals surface area contributed by atoms with Crippen LogP contribution in [0.5, 0.6) is 5.75 Å². The molecule has 0 bridgehead atoms. The van der Waals surface area contributed by atoms with Crippen molar-refractivity contribution in [1.82, 2.24) is 5.32 Å². The lowest BCUT2D eigenvalue weighted by atomic mass is 10.0. The second-order valence-electron chi connectivity index (χ2n) is 5.95. The fourth-order valence-corrected chi connectivity index (χ4v) is 2.96. The van der Waals surface area contributed by atoms with Crippen LogP contribution in [0.25, 0.3) is 10.8 Å². The third-order valence-electron chi connectivity index (χ3n) is 4.23. The summed E-state index contributed by atoms with van der Waals surface area (Å²) in [5.74, 6) is 0.177. The number of nitrogens with one attached hydrogen (secondary N) is 1. The first-order valence-corrected chi connectivity index (χ1v) is 8.22. The fourth-order valence-electron chi connectivity index (χ4n) is 2.96. The third kappa shape index (κ3) is 3.57. The number of hydrogen-bond acceptors (Lipinski definition) is 2. The largest absolute Gasteiger partial charge is 0.508 e. The molecule has 0 spiro atoms. The van der Waals surface area contributed by atoms with Crippen molar-refractivity contribution in [3.63, 3.8) is 0 Å². The van der Waals surface area contributed by atoms with Gasteiger partial charge in [0.25, 0.3) is 0 Å². The Morgan fingerprint density at radius 3 is 2.46 bits per heavy atom. The molecule has 0 radical (unpaired) electrons. The van der Waals surface area contributed by atoms with Gasteiger partial charge < -0.3 is 10.4 Å². The van der Waals surface area contributed by atoms with Gasteiger partial charge in [0.2, 0.25) is 5.91 Å². The topological polar surface area (TPSA) is 49.3 Å². The van der Waals surface area contributed by atoms with E-state index < -0.39 is 0 Å². The minimum absolute atomic E-state index is 0.0413. The van der Waals surface area contributed by atoms with Crippen molar-refractivity contribution in [2.24, 2.45) is 0 Å². The molecule has 122 valence electrons. The average Bonchev–Trinajstić information content (AvgIpc) is 2.60. The van der Waals surface area contributed by atoms with Gasteiger partial charge >= 0.3 is 0 Å². The molecule has 2 N–H and O–H groups in total. The van der Waals surface area contributed by atoms with Gasteiger partial charge in [-0.2, -0.15) is 0 Å². The molecule has 3 rings (SSSR count). The first-order valence-electron chi connectivity index (χ1n) is 8.22. The molecule has 0 aliphatic rings. The van der Waals surface area contributed by atoms with E-state index in [9.17, 15) is 9.90 Å². The monoisotopic (exact) mass is 319 g/mol. The van der Waals surface area contributed by atoms with Crippen molar-refractivity contribution in [2.45, 2.75) is 25.8 Å². The molecular weight excluding hydrogens is 298 g/mol. The lowest BCUT2D eigenvalue weighted by molar-refractivity contribution is -0.121. The number of hydrogen-bond donors (Lipinski definition) is 2. The van der Waals surface area contributed by atoms with Gasteiger partial charge in [-0.3, -0.25) is 4.79 Å². The van der Waals surface area contributed by atoms with Gasteiger partial charge in [0.1, 0.15) is 5.75 Å². The molecule has 3 aromatic rings. The van der Waals surface area contributed by atoms with Crippen LogP contribution in [0.15, 0.2) is 66.7 Å². The van der Waals surface area contributed by atoms with Crippen molar-refractivity contribution in [1.29, 1.82) is 0 Å². The zero-order valence-corrected chi connectivity index (χ0v) is 13.7. The van der Waals surface area contributed by atoms with Crippen molar-refractivity contribution in [3.8, 4) is 5.75 Å². The van der Waals surface area contributed by atoms with Crippen molar-refractivity contribution >= 4 is 16.7 Å². The van der Waals surface area contributed by atoms with E-state index in [0.29, 0.717) is 6.42 Å². The van der Waals surface area contributed by atoms with Gasteiger partial charge in [-0.15, -0.1) is 0 Å². The minimum atomic E-state index is -0.181. The van der Waals surface area contributed by atoms with Crippen LogP contribution >= 0.6 is 0 Å². The van der Waals surface area contributed by atoms with Crippen molar-refractivity contribution in [3.05, 3.63) is 77.9 Å². The second kappa shape index (κ2) is 7.18. The lowest BCUT2D eigenvalue weighted by Crippen LogP contribution is -2.29. The van der Waals surface area contributed by atoms with Gasteiger partial charge in [-0.1, -0.05) is 67.6 Å². The Kier molecular flexibility index (Phi) is 4.80. The predicted octanol–water partition coefficient (Wildman–Crippen LogP) is 4.36. The van der Waals surface area contributed by atoms with E-state index >= 15 is 0 Å². The fraction of sp³-hybridized carbons (Fsp3) is 0.190. The Morgan fingerprint density at radius 2 is 1.71 bits per heavy atom. The Labute approximate surface area is 142 Å². The maximum Gasteiger partial charge on any atom is 0.224 e. The summed E-state index contributed by atoms with van der Waals surface area (Å²) in [5, 5.41) is 15.3. The lowest BCUT2D eigenvalue weighted by Gasteiger charge is -2.18. The van der Waals surface area contributed by atoms with E-state index in [1.54, 1.807) is 12.1 Å². The van der Waals surface area contributed by atoms with Crippen LogP contribution in [0.3, 0.4) is 0 Å². The van der Waals surface area contributed by atoms with E-state index in [1.165, 1.54) is 5.39 Å². The summed E-state index contributed by atoms with van der Waals surface area (Å²) in [6.07, 6.45) is 1.05. The number of carbonyl (C=O) groups excluding carboxylic acids is 1. The molecule has 24 heavy (non-hydrogen) atoms. The summed E-state index contributed by atoms with van der Waals surface area (Å²) >= 11 is 0. The highest BCUT2D eigenvalue weighted by Gasteiger charge is 2.16. The highest BCUT2D eigenvalue weighted by Crippen LogP contribution is 2.26. The predicted molar refractivity (Wildman–Crippen MR) is 96.9 cm³/mol. The first kappa shape index (κ1) is 16.1. The minimum Gasteiger partial charge on any atom is -0.508 e. The number of aromatic hydroxyl groups is 1. The van der Waals surface area contributed by atoms with Crippen LogP contribution in [-0.4, -0.2) is 11.0 Å². The van der Waals surface area contributed by atoms with Gasteiger partial charge in [0, 0.05) is 5.56 Å². The molecule has 0 aromatic heterocycles. The summed E-state index contributed by atoms with van der Waals surface area (Å²) in [5.41, 5.74) is 1.74. The third-order valence-corrected chi connectivity index (χ3v) is 4.23. The molecule has 0 fully saturated rings. The van der Waals surface area contributed by atoms with Crippen LogP contribution in [0.1, 0.15) is 30.5 Å². The molecule has 1 unspecified atom stereocenters. The number of phenolic OH excluding ortho intramolecular Hbond substituents is 1. The number of rotatable bonds is 5. The van der Waals surface area contributed by atoms with E-state index in [4.69, 9.17) is 0 Å². The van der Waals surface area contributed by atoms with Crippen LogP contribution < -0.4 is 5.32 Å². The maximum atomic E-state index is 12.4. The zero-order valence-electron chi connectivity index (χ0n) is 13.7. The number of fused-ring (bicyclic) bond motifs is 1. The van der Waals surface area contributed by atoms with Crippen molar-refractivity contribution in [2.75, 3.05) is 0 Å². The number of carbonyl (C=O) groups is 1. The highest BCUT2D eigenvalue weighted by atomic mass is 16.3. The molecule has 1 amide bonds. The molecule has 0 aliphatic carbocycles. The highest BCUT2D eigenvalue weighted by molar-refractivity contribution is 5.85. The molecule has 1 atom stereocenters. The Balaban J connectivity index is 1.72. The molecule has 3 nitrogen and oxygen atoms in total. The Hall–Kier alpha value is -2.81. The smallest absolute Gasteiger partial charge is 0.224 e. The Morgan fingerprint density at radius 1 is 1.00 bits per heavy atom. The molecular formula is C21H21NO2. The summed E-state index contributed by atoms with van der Waals surface area (Å²) in [7, 11) is 0. The summed E-state index contributed by atoms with van der Waals surface area (Å²) in [6, 6.07) is 21.2.